The second-order valence-electron chi connectivity index (χ2n) is 7.62. The fourth-order valence-corrected chi connectivity index (χ4v) is 3.81. The van der Waals surface area contributed by atoms with Crippen molar-refractivity contribution >= 4 is 17.5 Å². The van der Waals surface area contributed by atoms with Crippen LogP contribution >= 0.6 is 0 Å². The Morgan fingerprint density at radius 3 is 2.39 bits per heavy atom. The molecule has 0 radical (unpaired) electrons. The van der Waals surface area contributed by atoms with Crippen LogP contribution in [0.5, 0.6) is 0 Å². The van der Waals surface area contributed by atoms with Crippen molar-refractivity contribution in [3.8, 4) is 0 Å². The van der Waals surface area contributed by atoms with Gasteiger partial charge in [0.2, 0.25) is 0 Å². The minimum atomic E-state index is -0.262. The van der Waals surface area contributed by atoms with Crippen LogP contribution in [0.1, 0.15) is 62.6 Å². The molecule has 0 bridgehead atoms. The number of hydrogen-bond donors (Lipinski definition) is 1. The lowest BCUT2D eigenvalue weighted by atomic mass is 10.1. The van der Waals surface area contributed by atoms with Crippen molar-refractivity contribution in [3.63, 3.8) is 0 Å². The van der Waals surface area contributed by atoms with Crippen LogP contribution in [0.4, 0.5) is 5.69 Å². The van der Waals surface area contributed by atoms with Crippen LogP contribution in [0, 0.1) is 20.8 Å². The number of anilines is 1. The molecule has 0 spiro atoms. The summed E-state index contributed by atoms with van der Waals surface area (Å²) in [4.78, 5) is 45.1. The standard InChI is InChI=1S/C23H24N6O2/c1-14-18(22(30)28-17-8-5-4-6-9-17)12-25-21(27-14)20-10-7-11-29(20)23(31)19-13-24-16(3)26-15(19)2/h4-6,8-9,12-13,20H,7,10-11H2,1-3H3,(H,28,30). The zero-order valence-electron chi connectivity index (χ0n) is 17.8. The van der Waals surface area contributed by atoms with Crippen molar-refractivity contribution in [1.82, 2.24) is 24.8 Å². The third kappa shape index (κ3) is 4.28. The lowest BCUT2D eigenvalue weighted by Crippen LogP contribution is -2.32. The Balaban J connectivity index is 1.55. The second kappa shape index (κ2) is 8.59. The molecular weight excluding hydrogens is 392 g/mol. The molecule has 1 atom stereocenters. The fourth-order valence-electron chi connectivity index (χ4n) is 3.81. The molecule has 158 valence electrons. The van der Waals surface area contributed by atoms with Crippen LogP contribution in [-0.2, 0) is 0 Å². The zero-order chi connectivity index (χ0) is 22.0. The van der Waals surface area contributed by atoms with E-state index in [4.69, 9.17) is 0 Å². The molecular formula is C23H24N6O2. The van der Waals surface area contributed by atoms with Gasteiger partial charge < -0.3 is 10.2 Å². The number of benzene rings is 1. The number of carbonyl (C=O) groups excluding carboxylic acids is 2. The molecule has 1 unspecified atom stereocenters. The summed E-state index contributed by atoms with van der Waals surface area (Å²) in [6.45, 7) is 6.01. The van der Waals surface area contributed by atoms with Crippen molar-refractivity contribution in [1.29, 1.82) is 0 Å². The summed E-state index contributed by atoms with van der Waals surface area (Å²) in [5.41, 5.74) is 2.85. The van der Waals surface area contributed by atoms with Gasteiger partial charge >= 0.3 is 0 Å². The summed E-state index contributed by atoms with van der Waals surface area (Å²) >= 11 is 0. The van der Waals surface area contributed by atoms with Crippen molar-refractivity contribution in [2.45, 2.75) is 39.7 Å². The lowest BCUT2D eigenvalue weighted by molar-refractivity contribution is 0.0727. The number of aryl methyl sites for hydroxylation is 3. The van der Waals surface area contributed by atoms with E-state index in [0.29, 0.717) is 46.4 Å². The molecule has 4 rings (SSSR count). The first kappa shape index (κ1) is 20.6. The fraction of sp³-hybridized carbons (Fsp3) is 0.304. The highest BCUT2D eigenvalue weighted by Crippen LogP contribution is 2.31. The minimum Gasteiger partial charge on any atom is -0.328 e. The average molecular weight is 416 g/mol. The van der Waals surface area contributed by atoms with E-state index in [1.165, 1.54) is 6.20 Å². The molecule has 1 aromatic carbocycles. The zero-order valence-corrected chi connectivity index (χ0v) is 17.8. The predicted octanol–water partition coefficient (Wildman–Crippen LogP) is 3.42. The Bertz CT molecular complexity index is 1130. The first-order chi connectivity index (χ1) is 14.9. The molecule has 1 aliphatic heterocycles. The van der Waals surface area contributed by atoms with Gasteiger partial charge in [0.05, 0.1) is 28.6 Å². The monoisotopic (exact) mass is 416 g/mol. The Morgan fingerprint density at radius 1 is 0.968 bits per heavy atom. The third-order valence-corrected chi connectivity index (χ3v) is 5.42. The van der Waals surface area contributed by atoms with Gasteiger partial charge in [-0.1, -0.05) is 18.2 Å². The van der Waals surface area contributed by atoms with Gasteiger partial charge in [0.1, 0.15) is 5.82 Å². The normalized spacial score (nSPS) is 15.7. The SMILES string of the molecule is Cc1ncc(C(=O)N2CCCC2c2ncc(C(=O)Nc3ccccc3)c(C)n2)c(C)n1. The van der Waals surface area contributed by atoms with E-state index in [-0.39, 0.29) is 17.9 Å². The van der Waals surface area contributed by atoms with Gasteiger partial charge in [0.15, 0.2) is 5.82 Å². The highest BCUT2D eigenvalue weighted by atomic mass is 16.2. The molecule has 31 heavy (non-hydrogen) atoms. The highest BCUT2D eigenvalue weighted by Gasteiger charge is 2.34. The Morgan fingerprint density at radius 2 is 1.68 bits per heavy atom. The van der Waals surface area contributed by atoms with Gasteiger partial charge in [0, 0.05) is 24.6 Å². The average Bonchev–Trinajstić information content (AvgIpc) is 3.24. The summed E-state index contributed by atoms with van der Waals surface area (Å²) in [5, 5.41) is 2.85. The number of aromatic nitrogens is 4. The summed E-state index contributed by atoms with van der Waals surface area (Å²) < 4.78 is 0. The molecule has 0 saturated carbocycles. The molecule has 2 aromatic heterocycles. The number of rotatable bonds is 4. The van der Waals surface area contributed by atoms with Crippen LogP contribution in [0.25, 0.3) is 0 Å². The number of nitrogens with zero attached hydrogens (tertiary/aromatic N) is 5. The van der Waals surface area contributed by atoms with E-state index >= 15 is 0 Å². The molecule has 1 aliphatic rings. The first-order valence-electron chi connectivity index (χ1n) is 10.2. The number of para-hydroxylation sites is 1. The van der Waals surface area contributed by atoms with Gasteiger partial charge in [-0.3, -0.25) is 9.59 Å². The van der Waals surface area contributed by atoms with Gasteiger partial charge in [0.25, 0.3) is 11.8 Å². The molecule has 8 nitrogen and oxygen atoms in total. The van der Waals surface area contributed by atoms with Gasteiger partial charge in [-0.25, -0.2) is 19.9 Å². The minimum absolute atomic E-state index is 0.118. The molecule has 1 N–H and O–H groups in total. The molecule has 1 fully saturated rings. The smallest absolute Gasteiger partial charge is 0.259 e. The second-order valence-corrected chi connectivity index (χ2v) is 7.62. The summed E-state index contributed by atoms with van der Waals surface area (Å²) in [6.07, 6.45) is 4.75. The Kier molecular flexibility index (Phi) is 5.70. The van der Waals surface area contributed by atoms with E-state index in [1.807, 2.05) is 37.3 Å². The maximum atomic E-state index is 13.2. The maximum absolute atomic E-state index is 13.2. The number of hydrogen-bond acceptors (Lipinski definition) is 6. The van der Waals surface area contributed by atoms with Crippen LogP contribution in [0.3, 0.4) is 0 Å². The van der Waals surface area contributed by atoms with E-state index in [9.17, 15) is 9.59 Å². The molecule has 3 heterocycles. The van der Waals surface area contributed by atoms with Crippen LogP contribution in [0.15, 0.2) is 42.7 Å². The Labute approximate surface area is 180 Å². The van der Waals surface area contributed by atoms with E-state index < -0.39 is 0 Å². The van der Waals surface area contributed by atoms with E-state index in [0.717, 1.165) is 12.8 Å². The van der Waals surface area contributed by atoms with Crippen molar-refractivity contribution < 1.29 is 9.59 Å². The molecule has 3 aromatic rings. The van der Waals surface area contributed by atoms with Crippen LogP contribution in [0.2, 0.25) is 0 Å². The third-order valence-electron chi connectivity index (χ3n) is 5.42. The van der Waals surface area contributed by atoms with Gasteiger partial charge in [-0.15, -0.1) is 0 Å². The summed E-state index contributed by atoms with van der Waals surface area (Å²) in [6, 6.07) is 9.00. The van der Waals surface area contributed by atoms with Crippen LogP contribution < -0.4 is 5.32 Å². The number of likely N-dealkylation sites (tertiary alicyclic amines) is 1. The number of nitrogens with one attached hydrogen (secondary N) is 1. The van der Waals surface area contributed by atoms with E-state index in [2.05, 4.69) is 25.3 Å². The van der Waals surface area contributed by atoms with Crippen LogP contribution in [-0.4, -0.2) is 43.2 Å². The quantitative estimate of drug-likeness (QED) is 0.699. The molecule has 2 amide bonds. The Hall–Kier alpha value is -3.68. The molecule has 0 aliphatic carbocycles. The van der Waals surface area contributed by atoms with Gasteiger partial charge in [-0.2, -0.15) is 0 Å². The highest BCUT2D eigenvalue weighted by molar-refractivity contribution is 6.04. The first-order valence-corrected chi connectivity index (χ1v) is 10.2. The van der Waals surface area contributed by atoms with E-state index in [1.54, 1.807) is 24.9 Å². The number of carbonyl (C=O) groups is 2. The summed E-state index contributed by atoms with van der Waals surface area (Å²) in [5.74, 6) is 0.801. The van der Waals surface area contributed by atoms with Crippen molar-refractivity contribution in [2.75, 3.05) is 11.9 Å². The topological polar surface area (TPSA) is 101 Å². The molecule has 1 saturated heterocycles. The maximum Gasteiger partial charge on any atom is 0.259 e. The summed E-state index contributed by atoms with van der Waals surface area (Å²) in [7, 11) is 0. The van der Waals surface area contributed by atoms with Crippen molar-refractivity contribution in [2.24, 2.45) is 0 Å². The lowest BCUT2D eigenvalue weighted by Gasteiger charge is -2.24. The number of amides is 2. The van der Waals surface area contributed by atoms with Gasteiger partial charge in [-0.05, 0) is 45.7 Å². The largest absolute Gasteiger partial charge is 0.328 e. The molecule has 8 heteroatoms. The van der Waals surface area contributed by atoms with Crippen molar-refractivity contribution in [3.05, 3.63) is 76.9 Å². The predicted molar refractivity (Wildman–Crippen MR) is 116 cm³/mol.